The lowest BCUT2D eigenvalue weighted by Gasteiger charge is -2.13. The fourth-order valence-electron chi connectivity index (χ4n) is 2.74. The normalized spacial score (nSPS) is 13.9. The van der Waals surface area contributed by atoms with E-state index >= 15 is 0 Å². The number of amides is 1. The van der Waals surface area contributed by atoms with Crippen molar-refractivity contribution in [3.8, 4) is 11.5 Å². The summed E-state index contributed by atoms with van der Waals surface area (Å²) in [5.41, 5.74) is 1.23. The molecule has 8 nitrogen and oxygen atoms in total. The summed E-state index contributed by atoms with van der Waals surface area (Å²) in [6.45, 7) is 2.48. The summed E-state index contributed by atoms with van der Waals surface area (Å²) in [7, 11) is -2.17. The van der Waals surface area contributed by atoms with Crippen LogP contribution < -0.4 is 19.5 Å². The number of ether oxygens (including phenoxy) is 3. The number of fused-ring (bicyclic) bond motifs is 1. The molecule has 1 heterocycles. The Morgan fingerprint density at radius 2 is 1.86 bits per heavy atom. The maximum atomic E-state index is 12.3. The Kier molecular flexibility index (Phi) is 6.18. The summed E-state index contributed by atoms with van der Waals surface area (Å²) >= 11 is 0. The van der Waals surface area contributed by atoms with Gasteiger partial charge in [0.2, 0.25) is 16.8 Å². The van der Waals surface area contributed by atoms with E-state index < -0.39 is 10.0 Å². The molecule has 1 aliphatic rings. The molecule has 0 aliphatic carbocycles. The second-order valence-electron chi connectivity index (χ2n) is 6.37. The predicted octanol–water partition coefficient (Wildman–Crippen LogP) is 1.66. The molecule has 1 amide bonds. The molecule has 150 valence electrons. The zero-order valence-electron chi connectivity index (χ0n) is 15.6. The molecule has 9 heteroatoms. The van der Waals surface area contributed by atoms with Gasteiger partial charge >= 0.3 is 0 Å². The molecule has 0 unspecified atom stereocenters. The van der Waals surface area contributed by atoms with Crippen LogP contribution in [0.5, 0.6) is 11.5 Å². The Hall–Kier alpha value is -2.62. The number of hydrogen-bond acceptors (Lipinski definition) is 6. The number of carbonyl (C=O) groups is 1. The SMILES string of the molecule is COC[C@H](C)NS(=O)(=O)c1ccc(C(=O)NCc2ccc3c(c2)OCO3)cc1. The lowest BCUT2D eigenvalue weighted by molar-refractivity contribution is 0.0950. The van der Waals surface area contributed by atoms with Crippen LogP contribution in [0.15, 0.2) is 47.4 Å². The van der Waals surface area contributed by atoms with Gasteiger partial charge in [-0.2, -0.15) is 0 Å². The van der Waals surface area contributed by atoms with Crippen molar-refractivity contribution in [2.24, 2.45) is 0 Å². The first-order valence-corrected chi connectivity index (χ1v) is 10.2. The first kappa shape index (κ1) is 20.1. The average molecular weight is 406 g/mol. The highest BCUT2D eigenvalue weighted by molar-refractivity contribution is 7.89. The molecular formula is C19H22N2O6S. The lowest BCUT2D eigenvalue weighted by Crippen LogP contribution is -2.35. The molecule has 0 saturated heterocycles. The smallest absolute Gasteiger partial charge is 0.251 e. The topological polar surface area (TPSA) is 103 Å². The van der Waals surface area contributed by atoms with Gasteiger partial charge in [-0.15, -0.1) is 0 Å². The fourth-order valence-corrected chi connectivity index (χ4v) is 3.97. The van der Waals surface area contributed by atoms with Crippen molar-refractivity contribution in [3.63, 3.8) is 0 Å². The van der Waals surface area contributed by atoms with Crippen molar-refractivity contribution in [2.75, 3.05) is 20.5 Å². The summed E-state index contributed by atoms with van der Waals surface area (Å²) in [5, 5.41) is 2.80. The van der Waals surface area contributed by atoms with E-state index in [2.05, 4.69) is 10.0 Å². The molecule has 2 aromatic rings. The van der Waals surface area contributed by atoms with E-state index in [9.17, 15) is 13.2 Å². The highest BCUT2D eigenvalue weighted by Gasteiger charge is 2.18. The van der Waals surface area contributed by atoms with Gasteiger partial charge in [0.05, 0.1) is 11.5 Å². The van der Waals surface area contributed by atoms with Crippen molar-refractivity contribution in [2.45, 2.75) is 24.4 Å². The molecular weight excluding hydrogens is 384 g/mol. The van der Waals surface area contributed by atoms with E-state index in [0.29, 0.717) is 23.6 Å². The minimum Gasteiger partial charge on any atom is -0.454 e. The van der Waals surface area contributed by atoms with Gasteiger partial charge in [-0.1, -0.05) is 6.07 Å². The van der Waals surface area contributed by atoms with Crippen LogP contribution in [0.2, 0.25) is 0 Å². The van der Waals surface area contributed by atoms with E-state index in [1.165, 1.54) is 31.4 Å². The largest absolute Gasteiger partial charge is 0.454 e. The number of benzene rings is 2. The zero-order chi connectivity index (χ0) is 20.1. The number of carbonyl (C=O) groups excluding carboxylic acids is 1. The quantitative estimate of drug-likeness (QED) is 0.691. The second-order valence-corrected chi connectivity index (χ2v) is 8.09. The van der Waals surface area contributed by atoms with Crippen LogP contribution in [0.1, 0.15) is 22.8 Å². The van der Waals surface area contributed by atoms with E-state index in [0.717, 1.165) is 5.56 Å². The Bertz CT molecular complexity index is 943. The zero-order valence-corrected chi connectivity index (χ0v) is 16.4. The maximum Gasteiger partial charge on any atom is 0.251 e. The minimum absolute atomic E-state index is 0.0859. The highest BCUT2D eigenvalue weighted by Crippen LogP contribution is 2.32. The number of hydrogen-bond donors (Lipinski definition) is 2. The van der Waals surface area contributed by atoms with Crippen LogP contribution >= 0.6 is 0 Å². The third-order valence-corrected chi connectivity index (χ3v) is 5.70. The van der Waals surface area contributed by atoms with E-state index in [-0.39, 0.29) is 30.2 Å². The molecule has 0 saturated carbocycles. The Morgan fingerprint density at radius 1 is 1.14 bits per heavy atom. The van der Waals surface area contributed by atoms with Gasteiger partial charge in [0.1, 0.15) is 0 Å². The molecule has 0 fully saturated rings. The Morgan fingerprint density at radius 3 is 2.57 bits per heavy atom. The summed E-state index contributed by atoms with van der Waals surface area (Å²) in [6, 6.07) is 10.8. The first-order valence-electron chi connectivity index (χ1n) is 8.67. The lowest BCUT2D eigenvalue weighted by atomic mass is 10.2. The Balaban J connectivity index is 1.60. The van der Waals surface area contributed by atoms with E-state index in [4.69, 9.17) is 14.2 Å². The van der Waals surface area contributed by atoms with Gasteiger partial charge in [-0.3, -0.25) is 4.79 Å². The van der Waals surface area contributed by atoms with Gasteiger partial charge in [0.15, 0.2) is 11.5 Å². The molecule has 1 aliphatic heterocycles. The van der Waals surface area contributed by atoms with Crippen LogP contribution in [-0.2, 0) is 21.3 Å². The molecule has 0 bridgehead atoms. The van der Waals surface area contributed by atoms with Crippen LogP contribution in [0.25, 0.3) is 0 Å². The molecule has 2 aromatic carbocycles. The summed E-state index contributed by atoms with van der Waals surface area (Å²) in [5.74, 6) is 1.03. The number of methoxy groups -OCH3 is 1. The number of sulfonamides is 1. The fraction of sp³-hybridized carbons (Fsp3) is 0.316. The van der Waals surface area contributed by atoms with Gasteiger partial charge in [-0.05, 0) is 48.9 Å². The molecule has 3 rings (SSSR count). The van der Waals surface area contributed by atoms with Crippen molar-refractivity contribution in [1.82, 2.24) is 10.0 Å². The van der Waals surface area contributed by atoms with Crippen LogP contribution in [0, 0.1) is 0 Å². The monoisotopic (exact) mass is 406 g/mol. The second kappa shape index (κ2) is 8.59. The third kappa shape index (κ3) is 4.80. The third-order valence-electron chi connectivity index (χ3n) is 4.09. The van der Waals surface area contributed by atoms with Crippen LogP contribution in [-0.4, -0.2) is 40.9 Å². The van der Waals surface area contributed by atoms with Crippen molar-refractivity contribution < 1.29 is 27.4 Å². The molecule has 0 radical (unpaired) electrons. The Labute approximate surface area is 163 Å². The number of nitrogens with one attached hydrogen (secondary N) is 2. The standard InChI is InChI=1S/C19H22N2O6S/c1-13(11-25-2)21-28(23,24)16-6-4-15(5-7-16)19(22)20-10-14-3-8-17-18(9-14)27-12-26-17/h3-9,13,21H,10-12H2,1-2H3,(H,20,22)/t13-/m0/s1. The molecule has 1 atom stereocenters. The minimum atomic E-state index is -3.67. The first-order chi connectivity index (χ1) is 13.4. The van der Waals surface area contributed by atoms with E-state index in [1.54, 1.807) is 13.0 Å². The number of rotatable bonds is 8. The van der Waals surface area contributed by atoms with Crippen LogP contribution in [0.3, 0.4) is 0 Å². The van der Waals surface area contributed by atoms with Crippen molar-refractivity contribution in [3.05, 3.63) is 53.6 Å². The average Bonchev–Trinajstić information content (AvgIpc) is 3.14. The summed E-state index contributed by atoms with van der Waals surface area (Å²) in [6.07, 6.45) is 0. The molecule has 28 heavy (non-hydrogen) atoms. The summed E-state index contributed by atoms with van der Waals surface area (Å²) < 4.78 is 42.6. The van der Waals surface area contributed by atoms with Crippen LogP contribution in [0.4, 0.5) is 0 Å². The van der Waals surface area contributed by atoms with Gasteiger partial charge in [0.25, 0.3) is 5.91 Å². The van der Waals surface area contributed by atoms with Crippen molar-refractivity contribution >= 4 is 15.9 Å². The maximum absolute atomic E-state index is 12.3. The molecule has 0 aromatic heterocycles. The predicted molar refractivity (Wildman–Crippen MR) is 102 cm³/mol. The highest BCUT2D eigenvalue weighted by atomic mass is 32.2. The van der Waals surface area contributed by atoms with Crippen molar-refractivity contribution in [1.29, 1.82) is 0 Å². The van der Waals surface area contributed by atoms with Gasteiger partial charge < -0.3 is 19.5 Å². The van der Waals surface area contributed by atoms with Gasteiger partial charge in [0, 0.05) is 25.3 Å². The van der Waals surface area contributed by atoms with Gasteiger partial charge in [-0.25, -0.2) is 13.1 Å². The van der Waals surface area contributed by atoms with E-state index in [1.807, 2.05) is 12.1 Å². The summed E-state index contributed by atoms with van der Waals surface area (Å²) in [4.78, 5) is 12.4. The molecule has 0 spiro atoms. The molecule has 2 N–H and O–H groups in total.